The fourth-order valence-electron chi connectivity index (χ4n) is 2.82. The summed E-state index contributed by atoms with van der Waals surface area (Å²) < 4.78 is 38.2. The molecule has 1 aliphatic rings. The molecule has 0 spiro atoms. The summed E-state index contributed by atoms with van der Waals surface area (Å²) in [4.78, 5) is 38.1. The Hall–Kier alpha value is -3.36. The maximum absolute atomic E-state index is 13.7. The van der Waals surface area contributed by atoms with Crippen molar-refractivity contribution in [2.75, 3.05) is 25.6 Å². The van der Waals surface area contributed by atoms with Crippen LogP contribution in [0.5, 0.6) is 11.5 Å². The lowest BCUT2D eigenvalue weighted by atomic mass is 10.1. The fourth-order valence-corrected chi connectivity index (χ4v) is 4.10. The van der Waals surface area contributed by atoms with E-state index in [2.05, 4.69) is 27.2 Å². The third-order valence-electron chi connectivity index (χ3n) is 4.24. The molecule has 11 heteroatoms. The maximum atomic E-state index is 13.7. The first-order valence-electron chi connectivity index (χ1n) is 9.17. The van der Waals surface area contributed by atoms with Crippen molar-refractivity contribution < 1.29 is 32.6 Å². The second-order valence-electron chi connectivity index (χ2n) is 6.46. The molecule has 1 fully saturated rings. The van der Waals surface area contributed by atoms with E-state index in [0.717, 1.165) is 12.1 Å². The number of carbonyl (C=O) groups is 3. The van der Waals surface area contributed by atoms with Gasteiger partial charge in [-0.15, -0.1) is 6.42 Å². The molecule has 33 heavy (non-hydrogen) atoms. The summed E-state index contributed by atoms with van der Waals surface area (Å²) in [7, 11) is 1.44. The normalized spacial score (nSPS) is 14.4. The Balaban J connectivity index is 1.82. The summed E-state index contributed by atoms with van der Waals surface area (Å²) in [6.07, 6.45) is 6.68. The molecule has 3 amide bonds. The zero-order chi connectivity index (χ0) is 24.1. The van der Waals surface area contributed by atoms with Gasteiger partial charge in [0.15, 0.2) is 11.5 Å². The Bertz CT molecular complexity index is 1210. The quantitative estimate of drug-likeness (QED) is 0.416. The molecule has 7 nitrogen and oxygen atoms in total. The Labute approximate surface area is 200 Å². The van der Waals surface area contributed by atoms with Crippen LogP contribution in [0.4, 0.5) is 19.3 Å². The molecule has 1 saturated heterocycles. The molecule has 170 valence electrons. The van der Waals surface area contributed by atoms with E-state index in [0.29, 0.717) is 38.5 Å². The first-order chi connectivity index (χ1) is 15.7. The molecule has 0 saturated carbocycles. The second kappa shape index (κ2) is 10.5. The van der Waals surface area contributed by atoms with Crippen LogP contribution in [0.15, 0.2) is 39.7 Å². The topological polar surface area (TPSA) is 84.9 Å². The summed E-state index contributed by atoms with van der Waals surface area (Å²) in [5.41, 5.74) is 0.139. The predicted molar refractivity (Wildman–Crippen MR) is 123 cm³/mol. The number of terminal acetylenes is 1. The molecule has 1 aliphatic heterocycles. The highest BCUT2D eigenvalue weighted by molar-refractivity contribution is 9.10. The van der Waals surface area contributed by atoms with Gasteiger partial charge >= 0.3 is 0 Å². The van der Waals surface area contributed by atoms with Gasteiger partial charge in [0.05, 0.1) is 17.7 Å². The van der Waals surface area contributed by atoms with E-state index in [-0.39, 0.29) is 22.9 Å². The summed E-state index contributed by atoms with van der Waals surface area (Å²) >= 11 is 3.96. The van der Waals surface area contributed by atoms with Gasteiger partial charge in [-0.1, -0.05) is 21.9 Å². The van der Waals surface area contributed by atoms with Gasteiger partial charge in [0.25, 0.3) is 11.1 Å². The standard InChI is InChI=1S/C22H15BrF2N2O5S/c1-3-6-32-20-12(7-13(23)9-17(20)31-2)8-18-21(29)27(22(30)33-18)11-19(28)26-16-5-4-14(24)10-15(16)25/h1,4-5,7-10H,6,11H2,2H3,(H,26,28)/b18-8+. The number of hydrogen-bond acceptors (Lipinski definition) is 6. The number of ether oxygens (including phenoxy) is 2. The van der Waals surface area contributed by atoms with Crippen LogP contribution in [-0.4, -0.2) is 42.2 Å². The summed E-state index contributed by atoms with van der Waals surface area (Å²) in [5.74, 6) is -0.379. The first-order valence-corrected chi connectivity index (χ1v) is 10.8. The van der Waals surface area contributed by atoms with Gasteiger partial charge in [0, 0.05) is 16.1 Å². The average molecular weight is 537 g/mol. The van der Waals surface area contributed by atoms with Gasteiger partial charge in [0.2, 0.25) is 5.91 Å². The molecule has 2 aromatic rings. The molecule has 2 aromatic carbocycles. The summed E-state index contributed by atoms with van der Waals surface area (Å²) in [5, 5.41) is 1.52. The van der Waals surface area contributed by atoms with Crippen molar-refractivity contribution in [2.24, 2.45) is 0 Å². The SMILES string of the molecule is C#CCOc1c(/C=C2/SC(=O)N(CC(=O)Nc3ccc(F)cc3F)C2=O)cc(Br)cc1OC. The molecule has 0 bridgehead atoms. The van der Waals surface area contributed by atoms with Gasteiger partial charge in [-0.05, 0) is 42.1 Å². The second-order valence-corrected chi connectivity index (χ2v) is 8.37. The largest absolute Gasteiger partial charge is 0.493 e. The molecular formula is C22H15BrF2N2O5S. The van der Waals surface area contributed by atoms with Crippen molar-refractivity contribution >= 4 is 56.5 Å². The van der Waals surface area contributed by atoms with E-state index >= 15 is 0 Å². The highest BCUT2D eigenvalue weighted by Gasteiger charge is 2.36. The van der Waals surface area contributed by atoms with E-state index in [1.54, 1.807) is 12.1 Å². The molecule has 0 aliphatic carbocycles. The third-order valence-corrected chi connectivity index (χ3v) is 5.60. The first kappa shape index (κ1) is 24.3. The smallest absolute Gasteiger partial charge is 0.294 e. The number of nitrogens with zero attached hydrogens (tertiary/aromatic N) is 1. The summed E-state index contributed by atoms with van der Waals surface area (Å²) in [6, 6.07) is 5.90. The van der Waals surface area contributed by atoms with Crippen molar-refractivity contribution in [1.29, 1.82) is 0 Å². The number of amides is 3. The van der Waals surface area contributed by atoms with Crippen molar-refractivity contribution in [3.05, 3.63) is 56.9 Å². The van der Waals surface area contributed by atoms with Crippen molar-refractivity contribution in [1.82, 2.24) is 4.90 Å². The Morgan fingerprint density at radius 2 is 2.06 bits per heavy atom. The van der Waals surface area contributed by atoms with Gasteiger partial charge in [-0.2, -0.15) is 0 Å². The van der Waals surface area contributed by atoms with E-state index in [1.807, 2.05) is 0 Å². The van der Waals surface area contributed by atoms with E-state index in [4.69, 9.17) is 15.9 Å². The Kier molecular flexibility index (Phi) is 7.73. The maximum Gasteiger partial charge on any atom is 0.294 e. The van der Waals surface area contributed by atoms with Crippen LogP contribution in [0, 0.1) is 24.0 Å². The lowest BCUT2D eigenvalue weighted by molar-refractivity contribution is -0.127. The number of anilines is 1. The number of nitrogens with one attached hydrogen (secondary N) is 1. The van der Waals surface area contributed by atoms with E-state index in [9.17, 15) is 23.2 Å². The van der Waals surface area contributed by atoms with Crippen molar-refractivity contribution in [3.8, 4) is 23.8 Å². The third kappa shape index (κ3) is 5.71. The monoisotopic (exact) mass is 536 g/mol. The molecule has 0 unspecified atom stereocenters. The Morgan fingerprint density at radius 1 is 1.30 bits per heavy atom. The number of rotatable bonds is 7. The van der Waals surface area contributed by atoms with E-state index in [1.165, 1.54) is 13.2 Å². The molecule has 0 radical (unpaired) electrons. The molecule has 3 rings (SSSR count). The van der Waals surface area contributed by atoms with Gasteiger partial charge in [-0.3, -0.25) is 19.3 Å². The minimum absolute atomic E-state index is 0.0338. The van der Waals surface area contributed by atoms with Crippen molar-refractivity contribution in [2.45, 2.75) is 0 Å². The van der Waals surface area contributed by atoms with Crippen LogP contribution in [0.25, 0.3) is 6.08 Å². The van der Waals surface area contributed by atoms with Gasteiger partial charge in [0.1, 0.15) is 24.8 Å². The number of methoxy groups -OCH3 is 1. The van der Waals surface area contributed by atoms with Crippen LogP contribution < -0.4 is 14.8 Å². The highest BCUT2D eigenvalue weighted by atomic mass is 79.9. The van der Waals surface area contributed by atoms with Crippen LogP contribution in [-0.2, 0) is 9.59 Å². The molecule has 1 N–H and O–H groups in total. The molecule has 1 heterocycles. The summed E-state index contributed by atoms with van der Waals surface area (Å²) in [6.45, 7) is -0.707. The lowest BCUT2D eigenvalue weighted by Gasteiger charge is -2.14. The average Bonchev–Trinajstić information content (AvgIpc) is 3.02. The molecule has 0 aromatic heterocycles. The van der Waals surface area contributed by atoms with Gasteiger partial charge < -0.3 is 14.8 Å². The van der Waals surface area contributed by atoms with Gasteiger partial charge in [-0.25, -0.2) is 8.78 Å². The number of carbonyl (C=O) groups excluding carboxylic acids is 3. The Morgan fingerprint density at radius 3 is 2.73 bits per heavy atom. The zero-order valence-corrected chi connectivity index (χ0v) is 19.4. The van der Waals surface area contributed by atoms with E-state index < -0.39 is 35.2 Å². The number of halogens is 3. The minimum atomic E-state index is -0.986. The highest BCUT2D eigenvalue weighted by Crippen LogP contribution is 2.39. The number of hydrogen-bond donors (Lipinski definition) is 1. The van der Waals surface area contributed by atoms with Crippen LogP contribution in [0.2, 0.25) is 0 Å². The predicted octanol–water partition coefficient (Wildman–Crippen LogP) is 4.42. The van der Waals surface area contributed by atoms with Crippen molar-refractivity contribution in [3.63, 3.8) is 0 Å². The molecular weight excluding hydrogens is 522 g/mol. The number of imide groups is 1. The zero-order valence-electron chi connectivity index (χ0n) is 17.0. The fraction of sp³-hybridized carbons (Fsp3) is 0.136. The lowest BCUT2D eigenvalue weighted by Crippen LogP contribution is -2.36. The van der Waals surface area contributed by atoms with Crippen LogP contribution in [0.1, 0.15) is 5.56 Å². The van der Waals surface area contributed by atoms with Crippen LogP contribution >= 0.6 is 27.7 Å². The number of benzene rings is 2. The minimum Gasteiger partial charge on any atom is -0.493 e. The van der Waals surface area contributed by atoms with Crippen LogP contribution in [0.3, 0.4) is 0 Å². The number of thioether (sulfide) groups is 1. The molecule has 0 atom stereocenters.